The van der Waals surface area contributed by atoms with Gasteiger partial charge in [0.15, 0.2) is 5.82 Å². The summed E-state index contributed by atoms with van der Waals surface area (Å²) in [6.07, 6.45) is 0. The molecule has 24 heavy (non-hydrogen) atoms. The largest absolute Gasteiger partial charge is 0.331 e. The van der Waals surface area contributed by atoms with Crippen molar-refractivity contribution in [3.8, 4) is 5.82 Å². The minimum absolute atomic E-state index is 0.204. The quantitative estimate of drug-likeness (QED) is 0.786. The molecule has 124 valence electrons. The minimum atomic E-state index is -0.204. The minimum Gasteiger partial charge on any atom is -0.331 e. The Kier molecular flexibility index (Phi) is 3.97. The van der Waals surface area contributed by atoms with E-state index in [0.717, 1.165) is 27.7 Å². The van der Waals surface area contributed by atoms with Gasteiger partial charge in [0.2, 0.25) is 0 Å². The molecule has 2 heterocycles. The Morgan fingerprint density at radius 2 is 1.88 bits per heavy atom. The Labute approximate surface area is 141 Å². The average Bonchev–Trinajstić information content (AvgIpc) is 2.88. The summed E-state index contributed by atoms with van der Waals surface area (Å²) in [6, 6.07) is 9.76. The van der Waals surface area contributed by atoms with Gasteiger partial charge in [0.05, 0.1) is 11.2 Å². The van der Waals surface area contributed by atoms with Crippen molar-refractivity contribution in [1.82, 2.24) is 19.7 Å². The molecule has 0 unspecified atom stereocenters. The van der Waals surface area contributed by atoms with E-state index in [-0.39, 0.29) is 6.03 Å². The van der Waals surface area contributed by atoms with Crippen molar-refractivity contribution < 1.29 is 4.79 Å². The van der Waals surface area contributed by atoms with Crippen LogP contribution in [0.4, 0.5) is 10.6 Å². The summed E-state index contributed by atoms with van der Waals surface area (Å²) in [7, 11) is 3.40. The molecule has 0 atom stereocenters. The highest BCUT2D eigenvalue weighted by Crippen LogP contribution is 2.24. The van der Waals surface area contributed by atoms with E-state index in [9.17, 15) is 4.79 Å². The number of rotatable bonds is 2. The number of anilines is 1. The standard InChI is InChI=1S/C18H21N5O/c1-11-7-6-8-14-12(2)9-15(19-17(11)14)23-16(10-13(3)21-23)20-18(24)22(4)5/h6-10H,1-5H3,(H,20,24). The number of hydrogen-bond acceptors (Lipinski definition) is 3. The van der Waals surface area contributed by atoms with E-state index >= 15 is 0 Å². The number of benzene rings is 1. The zero-order valence-electron chi connectivity index (χ0n) is 14.6. The third-order valence-electron chi connectivity index (χ3n) is 3.92. The SMILES string of the molecule is Cc1cc(NC(=O)N(C)C)n(-c2cc(C)c3cccc(C)c3n2)n1. The number of carbonyl (C=O) groups is 1. The van der Waals surface area contributed by atoms with Gasteiger partial charge in [-0.1, -0.05) is 18.2 Å². The van der Waals surface area contributed by atoms with E-state index in [1.165, 1.54) is 4.90 Å². The molecule has 0 saturated carbocycles. The van der Waals surface area contributed by atoms with Gasteiger partial charge in [-0.15, -0.1) is 0 Å². The normalized spacial score (nSPS) is 10.9. The zero-order chi connectivity index (χ0) is 17.4. The van der Waals surface area contributed by atoms with E-state index in [1.54, 1.807) is 18.8 Å². The van der Waals surface area contributed by atoms with Crippen LogP contribution in [0.25, 0.3) is 16.7 Å². The van der Waals surface area contributed by atoms with Gasteiger partial charge < -0.3 is 4.90 Å². The van der Waals surface area contributed by atoms with Crippen LogP contribution in [-0.4, -0.2) is 39.8 Å². The number of nitrogens with one attached hydrogen (secondary N) is 1. The molecule has 2 amide bonds. The molecule has 0 spiro atoms. The Morgan fingerprint density at radius 3 is 2.58 bits per heavy atom. The van der Waals surface area contributed by atoms with Crippen molar-refractivity contribution in [3.63, 3.8) is 0 Å². The predicted molar refractivity (Wildman–Crippen MR) is 95.8 cm³/mol. The van der Waals surface area contributed by atoms with Gasteiger partial charge in [0.1, 0.15) is 5.82 Å². The van der Waals surface area contributed by atoms with Crippen LogP contribution in [0.1, 0.15) is 16.8 Å². The Hall–Kier alpha value is -2.89. The van der Waals surface area contributed by atoms with Crippen LogP contribution in [0.2, 0.25) is 0 Å². The first-order chi connectivity index (χ1) is 11.4. The smallest absolute Gasteiger partial charge is 0.322 e. The number of carbonyl (C=O) groups excluding carboxylic acids is 1. The van der Waals surface area contributed by atoms with Gasteiger partial charge in [0.25, 0.3) is 0 Å². The van der Waals surface area contributed by atoms with Crippen molar-refractivity contribution in [1.29, 1.82) is 0 Å². The topological polar surface area (TPSA) is 63.1 Å². The first-order valence-electron chi connectivity index (χ1n) is 7.79. The summed E-state index contributed by atoms with van der Waals surface area (Å²) in [4.78, 5) is 18.2. The summed E-state index contributed by atoms with van der Waals surface area (Å²) >= 11 is 0. The van der Waals surface area contributed by atoms with Crippen LogP contribution in [0, 0.1) is 20.8 Å². The number of aromatic nitrogens is 3. The lowest BCUT2D eigenvalue weighted by molar-refractivity contribution is 0.230. The molecule has 1 N–H and O–H groups in total. The molecule has 0 radical (unpaired) electrons. The van der Waals surface area contributed by atoms with Crippen LogP contribution in [0.3, 0.4) is 0 Å². The zero-order valence-corrected chi connectivity index (χ0v) is 14.6. The van der Waals surface area contributed by atoms with Gasteiger partial charge in [0, 0.05) is 25.5 Å². The highest BCUT2D eigenvalue weighted by molar-refractivity contribution is 5.89. The van der Waals surface area contributed by atoms with Crippen LogP contribution in [-0.2, 0) is 0 Å². The maximum atomic E-state index is 12.0. The fourth-order valence-corrected chi connectivity index (χ4v) is 2.64. The van der Waals surface area contributed by atoms with Crippen LogP contribution in [0.15, 0.2) is 30.3 Å². The van der Waals surface area contributed by atoms with Crippen molar-refractivity contribution >= 4 is 22.8 Å². The third-order valence-corrected chi connectivity index (χ3v) is 3.92. The molecule has 1 aromatic carbocycles. The molecule has 0 saturated heterocycles. The fourth-order valence-electron chi connectivity index (χ4n) is 2.64. The second kappa shape index (κ2) is 5.96. The van der Waals surface area contributed by atoms with Gasteiger partial charge >= 0.3 is 6.03 Å². The third kappa shape index (κ3) is 2.82. The van der Waals surface area contributed by atoms with E-state index in [1.807, 2.05) is 38.1 Å². The van der Waals surface area contributed by atoms with E-state index in [2.05, 4.69) is 23.4 Å². The molecule has 2 aromatic heterocycles. The highest BCUT2D eigenvalue weighted by Gasteiger charge is 2.14. The molecule has 0 aliphatic heterocycles. The molecule has 0 bridgehead atoms. The Balaban J connectivity index is 2.14. The summed E-state index contributed by atoms with van der Waals surface area (Å²) in [5.74, 6) is 1.29. The molecule has 0 aliphatic carbocycles. The molecule has 3 aromatic rings. The summed E-state index contributed by atoms with van der Waals surface area (Å²) in [5.41, 5.74) is 4.00. The molecule has 6 heteroatoms. The van der Waals surface area contributed by atoms with Gasteiger partial charge in [-0.25, -0.2) is 9.78 Å². The van der Waals surface area contributed by atoms with Gasteiger partial charge in [-0.05, 0) is 38.0 Å². The number of pyridine rings is 1. The van der Waals surface area contributed by atoms with Gasteiger partial charge in [-0.3, -0.25) is 5.32 Å². The molecule has 6 nitrogen and oxygen atoms in total. The first kappa shape index (κ1) is 16.0. The second-order valence-corrected chi connectivity index (χ2v) is 6.18. The molecule has 3 rings (SSSR count). The van der Waals surface area contributed by atoms with Crippen molar-refractivity contribution in [2.45, 2.75) is 20.8 Å². The molecule has 0 fully saturated rings. The molecule has 0 aliphatic rings. The van der Waals surface area contributed by atoms with Crippen LogP contribution >= 0.6 is 0 Å². The lowest BCUT2D eigenvalue weighted by Gasteiger charge is -2.14. The van der Waals surface area contributed by atoms with E-state index in [0.29, 0.717) is 11.6 Å². The maximum Gasteiger partial charge on any atom is 0.322 e. The number of para-hydroxylation sites is 1. The maximum absolute atomic E-state index is 12.0. The Morgan fingerprint density at radius 1 is 1.12 bits per heavy atom. The summed E-state index contributed by atoms with van der Waals surface area (Å²) in [6.45, 7) is 5.99. The van der Waals surface area contributed by atoms with Gasteiger partial charge in [-0.2, -0.15) is 9.78 Å². The number of urea groups is 1. The number of fused-ring (bicyclic) bond motifs is 1. The average molecular weight is 323 g/mol. The summed E-state index contributed by atoms with van der Waals surface area (Å²) in [5, 5.41) is 8.48. The second-order valence-electron chi connectivity index (χ2n) is 6.18. The summed E-state index contributed by atoms with van der Waals surface area (Å²) < 4.78 is 1.68. The van der Waals surface area contributed by atoms with Crippen LogP contribution in [0.5, 0.6) is 0 Å². The van der Waals surface area contributed by atoms with Crippen molar-refractivity contribution in [2.24, 2.45) is 0 Å². The number of aryl methyl sites for hydroxylation is 3. The molecular weight excluding hydrogens is 302 g/mol. The Bertz CT molecular complexity index is 927. The van der Waals surface area contributed by atoms with Crippen LogP contribution < -0.4 is 5.32 Å². The number of amides is 2. The molecular formula is C18H21N5O. The number of hydrogen-bond donors (Lipinski definition) is 1. The predicted octanol–water partition coefficient (Wildman–Crippen LogP) is 3.44. The highest BCUT2D eigenvalue weighted by atomic mass is 16.2. The fraction of sp³-hybridized carbons (Fsp3) is 0.278. The van der Waals surface area contributed by atoms with E-state index in [4.69, 9.17) is 4.98 Å². The van der Waals surface area contributed by atoms with Crippen molar-refractivity contribution in [3.05, 3.63) is 47.2 Å². The lowest BCUT2D eigenvalue weighted by Crippen LogP contribution is -2.28. The number of nitrogens with zero attached hydrogens (tertiary/aromatic N) is 4. The monoisotopic (exact) mass is 323 g/mol. The lowest BCUT2D eigenvalue weighted by atomic mass is 10.1. The van der Waals surface area contributed by atoms with Crippen molar-refractivity contribution in [2.75, 3.05) is 19.4 Å². The first-order valence-corrected chi connectivity index (χ1v) is 7.79. The van der Waals surface area contributed by atoms with E-state index < -0.39 is 0 Å².